The Labute approximate surface area is 624 Å². The van der Waals surface area contributed by atoms with Gasteiger partial charge in [0.15, 0.2) is 10.8 Å². The van der Waals surface area contributed by atoms with E-state index in [1.165, 1.54) is 23.5 Å². The number of ether oxygens (including phenoxy) is 2. The molecule has 1 saturated heterocycles. The number of urea groups is 1. The van der Waals surface area contributed by atoms with Crippen molar-refractivity contribution in [2.75, 3.05) is 68.0 Å². The van der Waals surface area contributed by atoms with E-state index >= 15 is 0 Å². The molecular formula is C78H96N14O14S. The summed E-state index contributed by atoms with van der Waals surface area (Å²) >= 11 is 1.41. The molecule has 3 aromatic heterocycles. The van der Waals surface area contributed by atoms with Gasteiger partial charge in [0.05, 0.1) is 35.2 Å². The molecule has 0 spiro atoms. The number of carbonyl (C=O) groups is 10. The Bertz CT molecular complexity index is 4340. The third kappa shape index (κ3) is 18.3. The monoisotopic (exact) mass is 1480 g/mol. The number of anilines is 3. The third-order valence-electron chi connectivity index (χ3n) is 21.9. The summed E-state index contributed by atoms with van der Waals surface area (Å²) in [5.74, 6) is -4.51. The first-order valence-electron chi connectivity index (χ1n) is 37.0. The number of carboxylic acids is 2. The Morgan fingerprint density at radius 2 is 1.52 bits per heavy atom. The number of hydrogen-bond donors (Lipinski definition) is 8. The second-order valence-corrected chi connectivity index (χ2v) is 32.1. The number of nitrogens with zero attached hydrogens (tertiary/aromatic N) is 8. The zero-order valence-corrected chi connectivity index (χ0v) is 62.1. The van der Waals surface area contributed by atoms with E-state index in [0.717, 1.165) is 70.5 Å². The lowest BCUT2D eigenvalue weighted by Gasteiger charge is -2.69. The van der Waals surface area contributed by atoms with E-state index < -0.39 is 53.6 Å². The number of thiazole rings is 1. The summed E-state index contributed by atoms with van der Waals surface area (Å²) in [6.45, 7) is 13.3. The van der Waals surface area contributed by atoms with Gasteiger partial charge in [-0.3, -0.25) is 53.4 Å². The number of aromatic carboxylic acids is 1. The highest BCUT2D eigenvalue weighted by molar-refractivity contribution is 7.22. The van der Waals surface area contributed by atoms with Crippen molar-refractivity contribution in [3.63, 3.8) is 0 Å². The van der Waals surface area contributed by atoms with Gasteiger partial charge in [0.25, 0.3) is 17.7 Å². The van der Waals surface area contributed by atoms with E-state index in [0.29, 0.717) is 110 Å². The largest absolute Gasteiger partial charge is 0.480 e. The van der Waals surface area contributed by atoms with Gasteiger partial charge in [-0.15, -0.1) is 0 Å². The molecule has 4 bridgehead atoms. The molecule has 3 aromatic carbocycles. The number of piperidine rings is 1. The van der Waals surface area contributed by atoms with Crippen LogP contribution in [0, 0.1) is 29.1 Å². The molecule has 568 valence electrons. The molecule has 9 amide bonds. The Balaban J connectivity index is 0.675. The van der Waals surface area contributed by atoms with Crippen LogP contribution >= 0.6 is 11.3 Å². The summed E-state index contributed by atoms with van der Waals surface area (Å²) in [7, 11) is 0. The number of imide groups is 1. The molecule has 4 atom stereocenters. The van der Waals surface area contributed by atoms with Gasteiger partial charge < -0.3 is 56.5 Å². The number of likely N-dealkylation sites (tertiary alicyclic amines) is 1. The molecule has 29 heteroatoms. The summed E-state index contributed by atoms with van der Waals surface area (Å²) in [6, 6.07) is 20.7. The second-order valence-electron chi connectivity index (χ2n) is 31.0. The topological polar surface area (TPSA) is 372 Å². The van der Waals surface area contributed by atoms with Gasteiger partial charge in [-0.25, -0.2) is 24.4 Å². The van der Waals surface area contributed by atoms with Gasteiger partial charge in [0.1, 0.15) is 24.5 Å². The van der Waals surface area contributed by atoms with Gasteiger partial charge in [-0.1, -0.05) is 81.9 Å². The van der Waals surface area contributed by atoms with Crippen molar-refractivity contribution in [3.8, 4) is 11.1 Å². The molecule has 28 nitrogen and oxygen atoms in total. The number of fused-ring (bicyclic) bond motifs is 2. The molecule has 13 rings (SSSR count). The number of rotatable bonds is 32. The highest BCUT2D eigenvalue weighted by Gasteiger charge is 2.66. The molecular weight excluding hydrogens is 1390 g/mol. The highest BCUT2D eigenvalue weighted by atomic mass is 32.1. The fourth-order valence-electron chi connectivity index (χ4n) is 18.1. The lowest BCUT2D eigenvalue weighted by Crippen LogP contribution is -2.64. The van der Waals surface area contributed by atoms with Crippen LogP contribution in [0.4, 0.5) is 26.2 Å². The maximum absolute atomic E-state index is 14.5. The van der Waals surface area contributed by atoms with Crippen LogP contribution in [0.25, 0.3) is 21.3 Å². The first-order chi connectivity index (χ1) is 51.1. The number of unbranched alkanes of at least 4 members (excludes halogenated alkanes) is 2. The van der Waals surface area contributed by atoms with E-state index in [9.17, 15) is 58.2 Å². The average Bonchev–Trinajstić information content (AvgIpc) is 0.770. The summed E-state index contributed by atoms with van der Waals surface area (Å²) in [4.78, 5) is 146. The van der Waals surface area contributed by atoms with Crippen molar-refractivity contribution in [1.29, 1.82) is 0 Å². The number of hydrogen-bond acceptors (Lipinski definition) is 18. The summed E-state index contributed by atoms with van der Waals surface area (Å²) in [5, 5.41) is 39.9. The predicted molar refractivity (Wildman–Crippen MR) is 400 cm³/mol. The first-order valence-corrected chi connectivity index (χ1v) is 37.8. The van der Waals surface area contributed by atoms with E-state index in [1.54, 1.807) is 55.3 Å². The molecule has 5 fully saturated rings. The number of para-hydroxylation sites is 1. The Morgan fingerprint density at radius 3 is 2.22 bits per heavy atom. The number of nitrogens with one attached hydrogen (secondary N) is 5. The molecule has 7 aliphatic rings. The number of amides is 9. The lowest BCUT2D eigenvalue weighted by atomic mass is 9.39. The predicted octanol–water partition coefficient (Wildman–Crippen LogP) is 9.20. The molecule has 6 heterocycles. The third-order valence-corrected chi connectivity index (χ3v) is 22.9. The van der Waals surface area contributed by atoms with Crippen LogP contribution in [0.2, 0.25) is 0 Å². The van der Waals surface area contributed by atoms with Crippen LogP contribution in [0.1, 0.15) is 161 Å². The molecule has 3 aliphatic heterocycles. The van der Waals surface area contributed by atoms with Gasteiger partial charge in [0, 0.05) is 105 Å². The minimum atomic E-state index is -1.17. The van der Waals surface area contributed by atoms with E-state index in [1.807, 2.05) is 69.9 Å². The summed E-state index contributed by atoms with van der Waals surface area (Å²) in [5.41, 5.74) is 10.5. The van der Waals surface area contributed by atoms with Crippen LogP contribution in [-0.2, 0) is 64.4 Å². The standard InChI is InChI=1S/C78H96N14O14S/c1-48(2)66(86-62(93)18-7-6-10-31-91-63(94)25-26-64(91)95)70(100)83-59(16-12-30-80-72(79)103)69(99)82-52-21-19-50(20-22-52)40-105-74(104)90(53-28-32-88(33-29-53)39-65(96)97)35-36-106-78-44-75(4)41-76(5,45-78)43-77(42-75,46-78)47-92-49(3)56(37-81-92)54-23-24-61(85-67(54)71(101)102)89-34-27-51-13-11-14-55(57(51)38-89)68(98)87-73-84-58-15-8-9-17-60(58)107-73/h8-9,11,13-15,17,19-26,37,48,53,59,66H,6-7,10,12,16,18,27-36,38-47H2,1-5H3,(H,82,99)(H,83,100)(H,86,93)(H,96,97)(H,101,102)(H3,79,80,103)(H,84,87,98)/t59?,66-,75?,76?,77?,78?/m0/s1. The molecule has 3 unspecified atom stereocenters. The van der Waals surface area contributed by atoms with Crippen molar-refractivity contribution < 1.29 is 67.6 Å². The Kier molecular flexibility index (Phi) is 23.3. The fraction of sp³-hybridized carbons (Fsp3) is 0.500. The van der Waals surface area contributed by atoms with Crippen LogP contribution in [0.15, 0.2) is 97.2 Å². The first kappa shape index (κ1) is 76.5. The number of primary amides is 1. The van der Waals surface area contributed by atoms with E-state index in [-0.39, 0.29) is 116 Å². The zero-order chi connectivity index (χ0) is 76.0. The van der Waals surface area contributed by atoms with Gasteiger partial charge in [-0.2, -0.15) is 5.10 Å². The van der Waals surface area contributed by atoms with Crippen molar-refractivity contribution in [3.05, 3.63) is 131 Å². The second kappa shape index (κ2) is 32.5. The maximum Gasteiger partial charge on any atom is 0.410 e. The molecule has 0 radical (unpaired) electrons. The molecule has 107 heavy (non-hydrogen) atoms. The quantitative estimate of drug-likeness (QED) is 0.0144. The minimum Gasteiger partial charge on any atom is -0.480 e. The zero-order valence-electron chi connectivity index (χ0n) is 61.3. The Morgan fingerprint density at radius 1 is 0.785 bits per heavy atom. The van der Waals surface area contributed by atoms with E-state index in [4.69, 9.17) is 25.3 Å². The van der Waals surface area contributed by atoms with Crippen molar-refractivity contribution in [2.24, 2.45) is 27.9 Å². The highest BCUT2D eigenvalue weighted by Crippen LogP contribution is 2.72. The molecule has 4 aliphatic carbocycles. The molecule has 6 aromatic rings. The van der Waals surface area contributed by atoms with Gasteiger partial charge in [0.2, 0.25) is 17.7 Å². The van der Waals surface area contributed by atoms with Crippen molar-refractivity contribution >= 4 is 97.7 Å². The normalized spacial score (nSPS) is 21.6. The molecule has 4 saturated carbocycles. The van der Waals surface area contributed by atoms with E-state index in [2.05, 4.69) is 45.4 Å². The number of pyridine rings is 1. The number of nitrogens with two attached hydrogens (primary N) is 1. The van der Waals surface area contributed by atoms with Crippen LogP contribution in [0.3, 0.4) is 0 Å². The number of aliphatic carboxylic acids is 1. The average molecular weight is 1490 g/mol. The smallest absolute Gasteiger partial charge is 0.410 e. The van der Waals surface area contributed by atoms with Crippen molar-refractivity contribution in [2.45, 2.75) is 174 Å². The summed E-state index contributed by atoms with van der Waals surface area (Å²) in [6.07, 6.45) is 12.7. The Hall–Kier alpha value is -10.1. The lowest BCUT2D eigenvalue weighted by molar-refractivity contribution is -0.249. The van der Waals surface area contributed by atoms with Crippen LogP contribution in [0.5, 0.6) is 0 Å². The number of benzene rings is 3. The molecule has 9 N–H and O–H groups in total. The summed E-state index contributed by atoms with van der Waals surface area (Å²) < 4.78 is 16.3. The SMILES string of the molecule is Cc1c(-c2ccc(N3CCc4cccc(C(=O)Nc5nc6ccccc6s5)c4C3)nc2C(=O)O)cnn1CC12CC3(C)CC(C)(C1)CC(OCCN(C(=O)OCc1ccc(NC(=O)C(CCCNC(N)=O)NC(=O)[C@@H](NC(=O)CCCCCN4C(=O)C=CC4=O)C(C)C)cc1)C1CCN(CC(=O)O)CC1)(C3)C2. The maximum atomic E-state index is 14.5. The van der Waals surface area contributed by atoms with Crippen LogP contribution in [-0.4, -0.2) is 180 Å². The van der Waals surface area contributed by atoms with Gasteiger partial charge in [-0.05, 0) is 172 Å². The van der Waals surface area contributed by atoms with Crippen LogP contribution < -0.4 is 37.2 Å². The van der Waals surface area contributed by atoms with Gasteiger partial charge >= 0.3 is 24.1 Å². The van der Waals surface area contributed by atoms with Crippen molar-refractivity contribution in [1.82, 2.24) is 50.4 Å². The number of aromatic nitrogens is 4. The fourth-order valence-corrected chi connectivity index (χ4v) is 19.0. The number of carbonyl (C=O) groups excluding carboxylic acids is 8. The number of carboxylic acid groups (broad SMARTS) is 2. The minimum absolute atomic E-state index is 0.0569.